The first-order chi connectivity index (χ1) is 12.4. The number of rotatable bonds is 6. The molecule has 2 aliphatic rings. The number of methoxy groups -OCH3 is 3. The highest BCUT2D eigenvalue weighted by atomic mass is 16.5. The van der Waals surface area contributed by atoms with Gasteiger partial charge in [0.25, 0.3) is 0 Å². The molecule has 1 aromatic carbocycles. The van der Waals surface area contributed by atoms with Gasteiger partial charge in [-0.3, -0.25) is 4.79 Å². The summed E-state index contributed by atoms with van der Waals surface area (Å²) in [6.45, 7) is 5.76. The number of carbonyl (C=O) groups excluding carboxylic acids is 1. The molecule has 0 aromatic heterocycles. The first-order valence-electron chi connectivity index (χ1n) is 8.77. The molecule has 1 aromatic rings. The normalized spacial score (nSPS) is 33.0. The molecule has 1 N–H and O–H groups in total. The second kappa shape index (κ2) is 6.89. The Labute approximate surface area is 154 Å². The number of hydrogen-bond acceptors (Lipinski definition) is 5. The maximum atomic E-state index is 13.1. The Morgan fingerprint density at radius 1 is 1.19 bits per heavy atom. The van der Waals surface area contributed by atoms with Gasteiger partial charge in [0.15, 0.2) is 17.3 Å². The summed E-state index contributed by atoms with van der Waals surface area (Å²) >= 11 is 0. The summed E-state index contributed by atoms with van der Waals surface area (Å²) in [5, 5.41) is 11.0. The van der Waals surface area contributed by atoms with E-state index in [9.17, 15) is 9.90 Å². The topological polar surface area (TPSA) is 65.0 Å². The fourth-order valence-corrected chi connectivity index (χ4v) is 4.66. The van der Waals surface area contributed by atoms with Crippen LogP contribution in [0.5, 0.6) is 11.5 Å². The molecule has 0 saturated heterocycles. The van der Waals surface area contributed by atoms with Gasteiger partial charge in [0.2, 0.25) is 0 Å². The molecule has 1 fully saturated rings. The summed E-state index contributed by atoms with van der Waals surface area (Å²) in [5.74, 6) is 0.375. The van der Waals surface area contributed by atoms with Crippen molar-refractivity contribution in [3.63, 3.8) is 0 Å². The Hall–Kier alpha value is -2.11. The SMILES string of the molecule is C=CCC1=C[C@@]2(OC)C(O)[C@@H](C1=O)[C@H](c1ccc(OC)c(OC)c1)[C@H]2C. The molecule has 0 amide bonds. The number of carbonyl (C=O) groups is 1. The van der Waals surface area contributed by atoms with Crippen LogP contribution in [-0.4, -0.2) is 43.9 Å². The second-order valence-electron chi connectivity index (χ2n) is 6.98. The highest BCUT2D eigenvalue weighted by Gasteiger charge is 2.63. The van der Waals surface area contributed by atoms with Crippen LogP contribution in [-0.2, 0) is 9.53 Å². The Morgan fingerprint density at radius 2 is 1.88 bits per heavy atom. The number of aliphatic hydroxyl groups excluding tert-OH is 1. The highest BCUT2D eigenvalue weighted by Crippen LogP contribution is 2.56. The van der Waals surface area contributed by atoms with E-state index in [1.807, 2.05) is 31.2 Å². The minimum Gasteiger partial charge on any atom is -0.493 e. The van der Waals surface area contributed by atoms with Crippen LogP contribution in [0.1, 0.15) is 24.8 Å². The molecule has 0 radical (unpaired) electrons. The van der Waals surface area contributed by atoms with Gasteiger partial charge in [-0.25, -0.2) is 0 Å². The molecule has 2 bridgehead atoms. The first-order valence-corrected chi connectivity index (χ1v) is 8.77. The molecule has 5 heteroatoms. The van der Waals surface area contributed by atoms with Gasteiger partial charge in [0.1, 0.15) is 5.60 Å². The lowest BCUT2D eigenvalue weighted by Crippen LogP contribution is -2.48. The van der Waals surface area contributed by atoms with Crippen LogP contribution in [0.2, 0.25) is 0 Å². The summed E-state index contributed by atoms with van der Waals surface area (Å²) in [6.07, 6.45) is 3.10. The quantitative estimate of drug-likeness (QED) is 0.792. The molecule has 1 unspecified atom stereocenters. The summed E-state index contributed by atoms with van der Waals surface area (Å²) in [7, 11) is 4.76. The van der Waals surface area contributed by atoms with Gasteiger partial charge in [-0.15, -0.1) is 6.58 Å². The molecule has 140 valence electrons. The van der Waals surface area contributed by atoms with E-state index < -0.39 is 17.6 Å². The van der Waals surface area contributed by atoms with E-state index in [2.05, 4.69) is 6.58 Å². The zero-order chi connectivity index (χ0) is 19.1. The molecule has 26 heavy (non-hydrogen) atoms. The average molecular weight is 358 g/mol. The molecule has 5 nitrogen and oxygen atoms in total. The smallest absolute Gasteiger partial charge is 0.165 e. The number of ketones is 1. The molecular formula is C21H26O5. The average Bonchev–Trinajstić information content (AvgIpc) is 2.81. The Bertz CT molecular complexity index is 753. The van der Waals surface area contributed by atoms with Crippen molar-refractivity contribution in [1.29, 1.82) is 0 Å². The maximum absolute atomic E-state index is 13.1. The Morgan fingerprint density at radius 3 is 2.46 bits per heavy atom. The highest BCUT2D eigenvalue weighted by molar-refractivity contribution is 6.00. The maximum Gasteiger partial charge on any atom is 0.165 e. The zero-order valence-corrected chi connectivity index (χ0v) is 15.7. The number of Topliss-reactive ketones (excluding diaryl/α,β-unsaturated/α-hetero) is 1. The molecule has 1 saturated carbocycles. The van der Waals surface area contributed by atoms with E-state index in [0.29, 0.717) is 23.5 Å². The summed E-state index contributed by atoms with van der Waals surface area (Å²) in [4.78, 5) is 13.1. The molecule has 0 heterocycles. The third-order valence-electron chi connectivity index (χ3n) is 5.97. The van der Waals surface area contributed by atoms with Crippen molar-refractivity contribution in [2.24, 2.45) is 11.8 Å². The van der Waals surface area contributed by atoms with E-state index in [1.165, 1.54) is 0 Å². The van der Waals surface area contributed by atoms with E-state index >= 15 is 0 Å². The lowest BCUT2D eigenvalue weighted by atomic mass is 9.79. The van der Waals surface area contributed by atoms with E-state index in [0.717, 1.165) is 5.56 Å². The lowest BCUT2D eigenvalue weighted by molar-refractivity contribution is -0.130. The number of allylic oxidation sites excluding steroid dienone is 2. The summed E-state index contributed by atoms with van der Waals surface area (Å²) < 4.78 is 16.5. The number of fused-ring (bicyclic) bond motifs is 2. The molecule has 0 aliphatic heterocycles. The van der Waals surface area contributed by atoms with Crippen molar-refractivity contribution >= 4 is 5.78 Å². The molecule has 3 rings (SSSR count). The van der Waals surface area contributed by atoms with Crippen molar-refractivity contribution in [3.05, 3.63) is 48.1 Å². The monoisotopic (exact) mass is 358 g/mol. The van der Waals surface area contributed by atoms with Crippen LogP contribution in [0.4, 0.5) is 0 Å². The van der Waals surface area contributed by atoms with Crippen LogP contribution in [0.3, 0.4) is 0 Å². The zero-order valence-electron chi connectivity index (χ0n) is 15.7. The number of ether oxygens (including phenoxy) is 3. The standard InChI is InChI=1S/C21H26O5/c1-6-7-14-11-21(26-5)12(2)17(18(19(14)22)20(21)23)13-8-9-15(24-3)16(10-13)25-4/h6,8-12,17-18,20,23H,1,7H2,2-5H3/t12-,17+,18-,20?,21+/m1/s1. The molecule has 5 atom stereocenters. The minimum atomic E-state index is -0.887. The van der Waals surface area contributed by atoms with Gasteiger partial charge < -0.3 is 19.3 Å². The van der Waals surface area contributed by atoms with Gasteiger partial charge >= 0.3 is 0 Å². The number of hydrogen-bond donors (Lipinski definition) is 1. The van der Waals surface area contributed by atoms with Crippen molar-refractivity contribution in [1.82, 2.24) is 0 Å². The van der Waals surface area contributed by atoms with Crippen molar-refractivity contribution in [2.75, 3.05) is 21.3 Å². The van der Waals surface area contributed by atoms with Crippen LogP contribution < -0.4 is 9.47 Å². The molecule has 0 spiro atoms. The molecular weight excluding hydrogens is 332 g/mol. The number of benzene rings is 1. The van der Waals surface area contributed by atoms with Crippen LogP contribution in [0.15, 0.2) is 42.5 Å². The third-order valence-corrected chi connectivity index (χ3v) is 5.97. The van der Waals surface area contributed by atoms with E-state index in [-0.39, 0.29) is 17.6 Å². The predicted octanol–water partition coefficient (Wildman–Crippen LogP) is 2.88. The van der Waals surface area contributed by atoms with Gasteiger partial charge in [0.05, 0.1) is 26.2 Å². The number of aliphatic hydroxyl groups is 1. The summed E-state index contributed by atoms with van der Waals surface area (Å²) in [6, 6.07) is 5.65. The Kier molecular flexibility index (Phi) is 4.95. The summed E-state index contributed by atoms with van der Waals surface area (Å²) in [5.41, 5.74) is 0.709. The van der Waals surface area contributed by atoms with Crippen molar-refractivity contribution < 1.29 is 24.1 Å². The second-order valence-corrected chi connectivity index (χ2v) is 6.98. The fraction of sp³-hybridized carbons (Fsp3) is 0.476. The predicted molar refractivity (Wildman–Crippen MR) is 98.6 cm³/mol. The van der Waals surface area contributed by atoms with E-state index in [4.69, 9.17) is 14.2 Å². The Balaban J connectivity index is 2.11. The third kappa shape index (κ3) is 2.49. The minimum absolute atomic E-state index is 0.0331. The lowest BCUT2D eigenvalue weighted by Gasteiger charge is -2.36. The van der Waals surface area contributed by atoms with Gasteiger partial charge in [-0.05, 0) is 41.7 Å². The molecule has 2 aliphatic carbocycles. The first kappa shape index (κ1) is 18.7. The van der Waals surface area contributed by atoms with Gasteiger partial charge in [0, 0.05) is 13.0 Å². The van der Waals surface area contributed by atoms with Crippen LogP contribution in [0.25, 0.3) is 0 Å². The van der Waals surface area contributed by atoms with Gasteiger partial charge in [-0.1, -0.05) is 19.1 Å². The fourth-order valence-electron chi connectivity index (χ4n) is 4.66. The van der Waals surface area contributed by atoms with Crippen LogP contribution in [0, 0.1) is 11.8 Å². The van der Waals surface area contributed by atoms with Gasteiger partial charge in [-0.2, -0.15) is 0 Å². The van der Waals surface area contributed by atoms with Crippen molar-refractivity contribution in [2.45, 2.75) is 31.0 Å². The van der Waals surface area contributed by atoms with Crippen molar-refractivity contribution in [3.8, 4) is 11.5 Å². The largest absolute Gasteiger partial charge is 0.493 e. The van der Waals surface area contributed by atoms with Crippen LogP contribution >= 0.6 is 0 Å². The van der Waals surface area contributed by atoms with E-state index in [1.54, 1.807) is 27.4 Å².